The molecule has 0 aliphatic heterocycles. The van der Waals surface area contributed by atoms with Crippen LogP contribution in [0.1, 0.15) is 19.3 Å². The van der Waals surface area contributed by atoms with Gasteiger partial charge in [-0.1, -0.05) is 0 Å². The van der Waals surface area contributed by atoms with Crippen LogP contribution in [-0.2, 0) is 19.2 Å². The molecule has 0 heterocycles. The summed E-state index contributed by atoms with van der Waals surface area (Å²) in [5.41, 5.74) is -2.21. The van der Waals surface area contributed by atoms with Gasteiger partial charge in [0, 0.05) is 0 Å². The largest absolute Gasteiger partial charge is 0.481 e. The molecule has 1 saturated carbocycles. The van der Waals surface area contributed by atoms with E-state index in [1.54, 1.807) is 0 Å². The van der Waals surface area contributed by atoms with Crippen LogP contribution in [0.3, 0.4) is 0 Å². The Morgan fingerprint density at radius 2 is 1.28 bits per heavy atom. The Hall–Kier alpha value is -2.12. The topological polar surface area (TPSA) is 149 Å². The van der Waals surface area contributed by atoms with Crippen molar-refractivity contribution in [3.63, 3.8) is 0 Å². The number of rotatable bonds is 4. The number of carboxylic acids is 4. The van der Waals surface area contributed by atoms with E-state index in [2.05, 4.69) is 0 Å². The van der Waals surface area contributed by atoms with E-state index >= 15 is 0 Å². The molecule has 8 nitrogen and oxygen atoms in total. The zero-order valence-corrected chi connectivity index (χ0v) is 9.20. The highest BCUT2D eigenvalue weighted by atomic mass is 16.4. The first-order chi connectivity index (χ1) is 8.22. The molecule has 0 aromatic carbocycles. The Morgan fingerprint density at radius 3 is 1.61 bits per heavy atom. The highest BCUT2D eigenvalue weighted by Gasteiger charge is 2.55. The molecule has 100 valence electrons. The van der Waals surface area contributed by atoms with Crippen molar-refractivity contribution in [2.24, 2.45) is 17.3 Å². The van der Waals surface area contributed by atoms with E-state index < -0.39 is 54.0 Å². The SMILES string of the molecule is O=C(O)C1CCC(C(=O)O)(C(=O)O)CC1C(=O)O. The Morgan fingerprint density at radius 1 is 0.833 bits per heavy atom. The fraction of sp³-hybridized carbons (Fsp3) is 0.600. The van der Waals surface area contributed by atoms with Crippen molar-refractivity contribution in [2.75, 3.05) is 0 Å². The van der Waals surface area contributed by atoms with Gasteiger partial charge in [-0.05, 0) is 19.3 Å². The van der Waals surface area contributed by atoms with Gasteiger partial charge in [-0.3, -0.25) is 19.2 Å². The van der Waals surface area contributed by atoms with Crippen LogP contribution in [0.25, 0.3) is 0 Å². The summed E-state index contributed by atoms with van der Waals surface area (Å²) in [7, 11) is 0. The summed E-state index contributed by atoms with van der Waals surface area (Å²) in [6, 6.07) is 0. The third-order valence-electron chi connectivity index (χ3n) is 3.39. The van der Waals surface area contributed by atoms with E-state index in [0.29, 0.717) is 0 Å². The first kappa shape index (κ1) is 13.9. The second-order valence-electron chi connectivity index (χ2n) is 4.32. The maximum absolute atomic E-state index is 11.0. The molecule has 1 rings (SSSR count). The van der Waals surface area contributed by atoms with Crippen molar-refractivity contribution in [2.45, 2.75) is 19.3 Å². The minimum atomic E-state index is -2.21. The molecule has 0 spiro atoms. The molecule has 8 heteroatoms. The molecule has 2 atom stereocenters. The van der Waals surface area contributed by atoms with Gasteiger partial charge in [0.15, 0.2) is 5.41 Å². The van der Waals surface area contributed by atoms with Crippen molar-refractivity contribution in [3.05, 3.63) is 0 Å². The molecule has 0 radical (unpaired) electrons. The van der Waals surface area contributed by atoms with Gasteiger partial charge in [-0.15, -0.1) is 0 Å². The smallest absolute Gasteiger partial charge is 0.321 e. The fourth-order valence-electron chi connectivity index (χ4n) is 2.26. The molecule has 1 fully saturated rings. The molecule has 2 unspecified atom stereocenters. The molecule has 18 heavy (non-hydrogen) atoms. The predicted molar refractivity (Wildman–Crippen MR) is 53.8 cm³/mol. The van der Waals surface area contributed by atoms with E-state index in [4.69, 9.17) is 20.4 Å². The highest BCUT2D eigenvalue weighted by Crippen LogP contribution is 2.43. The van der Waals surface area contributed by atoms with E-state index in [1.807, 2.05) is 0 Å². The number of carboxylic acid groups (broad SMARTS) is 4. The van der Waals surface area contributed by atoms with Gasteiger partial charge in [0.05, 0.1) is 11.8 Å². The summed E-state index contributed by atoms with van der Waals surface area (Å²) < 4.78 is 0. The molecule has 1 aliphatic carbocycles. The van der Waals surface area contributed by atoms with Gasteiger partial charge in [0.2, 0.25) is 0 Å². The lowest BCUT2D eigenvalue weighted by molar-refractivity contribution is -0.175. The molecule has 4 N–H and O–H groups in total. The average Bonchev–Trinajstić information content (AvgIpc) is 2.27. The van der Waals surface area contributed by atoms with Crippen LogP contribution in [0.15, 0.2) is 0 Å². The zero-order valence-electron chi connectivity index (χ0n) is 9.20. The van der Waals surface area contributed by atoms with Crippen LogP contribution in [0.5, 0.6) is 0 Å². The van der Waals surface area contributed by atoms with E-state index in [9.17, 15) is 19.2 Å². The van der Waals surface area contributed by atoms with Crippen molar-refractivity contribution in [1.29, 1.82) is 0 Å². The molecule has 0 amide bonds. The Labute approximate surface area is 101 Å². The van der Waals surface area contributed by atoms with Crippen molar-refractivity contribution in [1.82, 2.24) is 0 Å². The van der Waals surface area contributed by atoms with Crippen LogP contribution >= 0.6 is 0 Å². The highest BCUT2D eigenvalue weighted by molar-refractivity contribution is 5.99. The summed E-state index contributed by atoms with van der Waals surface area (Å²) in [4.78, 5) is 43.9. The monoisotopic (exact) mass is 260 g/mol. The first-order valence-electron chi connectivity index (χ1n) is 5.15. The number of aliphatic carboxylic acids is 4. The van der Waals surface area contributed by atoms with E-state index in [0.717, 1.165) is 0 Å². The van der Waals surface area contributed by atoms with E-state index in [1.165, 1.54) is 0 Å². The number of hydrogen-bond acceptors (Lipinski definition) is 4. The summed E-state index contributed by atoms with van der Waals surface area (Å²) in [5, 5.41) is 35.7. The van der Waals surface area contributed by atoms with Crippen molar-refractivity contribution in [3.8, 4) is 0 Å². The second-order valence-corrected chi connectivity index (χ2v) is 4.32. The summed E-state index contributed by atoms with van der Waals surface area (Å²) in [6.45, 7) is 0. The minimum absolute atomic E-state index is 0.287. The Kier molecular flexibility index (Phi) is 3.59. The number of hydrogen-bond donors (Lipinski definition) is 4. The van der Waals surface area contributed by atoms with Crippen molar-refractivity contribution < 1.29 is 39.6 Å². The molecular formula is C10H12O8. The Bertz CT molecular complexity index is 398. The fourth-order valence-corrected chi connectivity index (χ4v) is 2.26. The van der Waals surface area contributed by atoms with Gasteiger partial charge in [0.1, 0.15) is 0 Å². The summed E-state index contributed by atoms with van der Waals surface area (Å²) >= 11 is 0. The molecule has 0 aromatic heterocycles. The molecule has 1 aliphatic rings. The number of carbonyl (C=O) groups is 4. The van der Waals surface area contributed by atoms with Crippen LogP contribution in [0.4, 0.5) is 0 Å². The van der Waals surface area contributed by atoms with Crippen LogP contribution < -0.4 is 0 Å². The standard InChI is InChI=1S/C10H12O8/c11-6(12)4-1-2-10(8(15)16,9(17)18)3-5(4)7(13)14/h4-5H,1-3H2,(H,11,12)(H,13,14)(H,15,16)(H,17,18). The van der Waals surface area contributed by atoms with E-state index in [-0.39, 0.29) is 6.42 Å². The molecule has 0 bridgehead atoms. The van der Waals surface area contributed by atoms with Crippen LogP contribution in [0, 0.1) is 17.3 Å². The van der Waals surface area contributed by atoms with Crippen LogP contribution in [0.2, 0.25) is 0 Å². The third-order valence-corrected chi connectivity index (χ3v) is 3.39. The van der Waals surface area contributed by atoms with Gasteiger partial charge in [-0.25, -0.2) is 0 Å². The minimum Gasteiger partial charge on any atom is -0.481 e. The van der Waals surface area contributed by atoms with Crippen LogP contribution in [-0.4, -0.2) is 44.3 Å². The third kappa shape index (κ3) is 2.13. The summed E-state index contributed by atoms with van der Waals surface area (Å²) in [5.74, 6) is -8.88. The lowest BCUT2D eigenvalue weighted by Gasteiger charge is -2.35. The quantitative estimate of drug-likeness (QED) is 0.504. The van der Waals surface area contributed by atoms with Gasteiger partial charge in [0.25, 0.3) is 0 Å². The van der Waals surface area contributed by atoms with Crippen molar-refractivity contribution >= 4 is 23.9 Å². The lowest BCUT2D eigenvalue weighted by Crippen LogP contribution is -2.48. The summed E-state index contributed by atoms with van der Waals surface area (Å²) in [6.07, 6.45) is -1.40. The van der Waals surface area contributed by atoms with Gasteiger partial charge >= 0.3 is 23.9 Å². The first-order valence-corrected chi connectivity index (χ1v) is 5.15. The molecular weight excluding hydrogens is 248 g/mol. The van der Waals surface area contributed by atoms with Gasteiger partial charge < -0.3 is 20.4 Å². The Balaban J connectivity index is 3.12. The maximum Gasteiger partial charge on any atom is 0.321 e. The second kappa shape index (κ2) is 4.63. The average molecular weight is 260 g/mol. The predicted octanol–water partition coefficient (Wildman–Crippen LogP) is -0.273. The molecule has 0 saturated heterocycles. The maximum atomic E-state index is 11.0. The van der Waals surface area contributed by atoms with Gasteiger partial charge in [-0.2, -0.15) is 0 Å². The normalized spacial score (nSPS) is 26.2. The zero-order chi connectivity index (χ0) is 14.1. The molecule has 0 aromatic rings. The lowest BCUT2D eigenvalue weighted by atomic mass is 9.65.